The van der Waals surface area contributed by atoms with Gasteiger partial charge in [-0.05, 0) is 19.3 Å². The predicted octanol–water partition coefficient (Wildman–Crippen LogP) is 0.884. The van der Waals surface area contributed by atoms with Crippen molar-refractivity contribution in [3.63, 3.8) is 0 Å². The maximum Gasteiger partial charge on any atom is 0.346 e. The molecular weight excluding hydrogens is 250 g/mol. The van der Waals surface area contributed by atoms with Gasteiger partial charge in [-0.15, -0.1) is 0 Å². The van der Waals surface area contributed by atoms with Gasteiger partial charge in [0, 0.05) is 6.54 Å². The van der Waals surface area contributed by atoms with E-state index in [2.05, 4.69) is 28.8 Å². The summed E-state index contributed by atoms with van der Waals surface area (Å²) < 4.78 is 9.48. The average molecular weight is 269 g/mol. The van der Waals surface area contributed by atoms with Crippen LogP contribution in [0.1, 0.15) is 36.3 Å². The summed E-state index contributed by atoms with van der Waals surface area (Å²) in [6.45, 7) is 5.90. The normalized spacial score (nSPS) is 10.5. The number of esters is 1. The summed E-state index contributed by atoms with van der Waals surface area (Å²) in [6, 6.07) is 0. The molecular formula is C12H19N3O4. The summed E-state index contributed by atoms with van der Waals surface area (Å²) in [5, 5.41) is 6.19. The number of aryl methyl sites for hydroxylation is 1. The van der Waals surface area contributed by atoms with Crippen LogP contribution in [0.15, 0.2) is 4.52 Å². The van der Waals surface area contributed by atoms with E-state index in [1.807, 2.05) is 0 Å². The van der Waals surface area contributed by atoms with Gasteiger partial charge in [-0.1, -0.05) is 19.0 Å². The van der Waals surface area contributed by atoms with Gasteiger partial charge in [-0.3, -0.25) is 4.79 Å². The monoisotopic (exact) mass is 269 g/mol. The molecule has 0 aromatic carbocycles. The topological polar surface area (TPSA) is 107 Å². The predicted molar refractivity (Wildman–Crippen MR) is 68.4 cm³/mol. The number of nitrogens with zero attached hydrogens (tertiary/aromatic N) is 1. The number of ether oxygens (including phenoxy) is 1. The first kappa shape index (κ1) is 15.0. The Morgan fingerprint density at radius 1 is 1.47 bits per heavy atom. The minimum atomic E-state index is -0.713. The average Bonchev–Trinajstić information content (AvgIpc) is 2.65. The second-order valence-electron chi connectivity index (χ2n) is 4.62. The van der Waals surface area contributed by atoms with Crippen LogP contribution in [0.4, 0.5) is 5.88 Å². The third-order valence-electron chi connectivity index (χ3n) is 2.47. The Hall–Kier alpha value is -2.05. The van der Waals surface area contributed by atoms with Crippen LogP contribution in [0, 0.1) is 12.8 Å². The molecule has 1 amide bonds. The molecule has 0 bridgehead atoms. The van der Waals surface area contributed by atoms with E-state index in [1.165, 1.54) is 0 Å². The van der Waals surface area contributed by atoms with E-state index in [1.54, 1.807) is 6.92 Å². The minimum Gasteiger partial charge on any atom is -0.452 e. The van der Waals surface area contributed by atoms with Crippen molar-refractivity contribution >= 4 is 17.8 Å². The summed E-state index contributed by atoms with van der Waals surface area (Å²) >= 11 is 0. The standard InChI is InChI=1S/C12H19N3O4/c1-7(2)4-5-14-9(16)6-18-12(17)10-8(3)15-19-11(10)13/h7H,4-6,13H2,1-3H3,(H,14,16). The zero-order valence-electron chi connectivity index (χ0n) is 11.4. The first-order chi connectivity index (χ1) is 8.91. The fourth-order valence-electron chi connectivity index (χ4n) is 1.39. The van der Waals surface area contributed by atoms with Gasteiger partial charge in [0.2, 0.25) is 5.88 Å². The van der Waals surface area contributed by atoms with Gasteiger partial charge in [0.05, 0.1) is 5.69 Å². The van der Waals surface area contributed by atoms with Crippen LogP contribution in [-0.4, -0.2) is 30.2 Å². The Bertz CT molecular complexity index is 434. The van der Waals surface area contributed by atoms with Crippen LogP contribution < -0.4 is 11.1 Å². The third kappa shape index (κ3) is 4.61. The summed E-state index contributed by atoms with van der Waals surface area (Å²) in [4.78, 5) is 23.1. The van der Waals surface area contributed by atoms with E-state index in [4.69, 9.17) is 10.5 Å². The number of hydrogen-bond acceptors (Lipinski definition) is 6. The molecule has 0 aliphatic heterocycles. The van der Waals surface area contributed by atoms with Crippen molar-refractivity contribution < 1.29 is 18.8 Å². The van der Waals surface area contributed by atoms with E-state index in [-0.39, 0.29) is 24.0 Å². The molecule has 0 spiro atoms. The van der Waals surface area contributed by atoms with E-state index in [0.717, 1.165) is 6.42 Å². The van der Waals surface area contributed by atoms with Gasteiger partial charge < -0.3 is 20.3 Å². The van der Waals surface area contributed by atoms with Crippen LogP contribution >= 0.6 is 0 Å². The molecule has 106 valence electrons. The number of nitrogens with one attached hydrogen (secondary N) is 1. The highest BCUT2D eigenvalue weighted by Gasteiger charge is 2.20. The lowest BCUT2D eigenvalue weighted by molar-refractivity contribution is -0.124. The van der Waals surface area contributed by atoms with Crippen molar-refractivity contribution in [1.82, 2.24) is 10.5 Å². The lowest BCUT2D eigenvalue weighted by Crippen LogP contribution is -2.30. The summed E-state index contributed by atoms with van der Waals surface area (Å²) in [5.74, 6) is -0.665. The van der Waals surface area contributed by atoms with Gasteiger partial charge in [0.1, 0.15) is 5.56 Å². The molecule has 0 atom stereocenters. The molecule has 0 radical (unpaired) electrons. The Morgan fingerprint density at radius 2 is 2.16 bits per heavy atom. The second-order valence-corrected chi connectivity index (χ2v) is 4.62. The smallest absolute Gasteiger partial charge is 0.346 e. The Labute approximate surface area is 111 Å². The molecule has 1 aromatic heterocycles. The van der Waals surface area contributed by atoms with Crippen LogP contribution in [0.5, 0.6) is 0 Å². The molecule has 0 saturated carbocycles. The number of hydrogen-bond donors (Lipinski definition) is 2. The summed E-state index contributed by atoms with van der Waals surface area (Å²) in [5.41, 5.74) is 5.83. The Morgan fingerprint density at radius 3 is 2.68 bits per heavy atom. The lowest BCUT2D eigenvalue weighted by atomic mass is 10.1. The number of anilines is 1. The van der Waals surface area contributed by atoms with Crippen LogP contribution in [0.3, 0.4) is 0 Å². The minimum absolute atomic E-state index is 0.0648. The summed E-state index contributed by atoms with van der Waals surface area (Å²) in [6.07, 6.45) is 0.872. The molecule has 0 saturated heterocycles. The van der Waals surface area contributed by atoms with Crippen molar-refractivity contribution in [3.8, 4) is 0 Å². The Balaban J connectivity index is 2.36. The summed E-state index contributed by atoms with van der Waals surface area (Å²) in [7, 11) is 0. The molecule has 0 unspecified atom stereocenters. The molecule has 1 aromatic rings. The molecule has 3 N–H and O–H groups in total. The van der Waals surface area contributed by atoms with Crippen molar-refractivity contribution in [2.24, 2.45) is 5.92 Å². The lowest BCUT2D eigenvalue weighted by Gasteiger charge is -2.07. The Kier molecular flexibility index (Phi) is 5.35. The molecule has 7 nitrogen and oxygen atoms in total. The number of carbonyl (C=O) groups is 2. The van der Waals surface area contributed by atoms with Crippen LogP contribution in [0.25, 0.3) is 0 Å². The van der Waals surface area contributed by atoms with Crippen LogP contribution in [-0.2, 0) is 9.53 Å². The zero-order valence-corrected chi connectivity index (χ0v) is 11.4. The number of aromatic nitrogens is 1. The third-order valence-corrected chi connectivity index (χ3v) is 2.47. The van der Waals surface area contributed by atoms with E-state index >= 15 is 0 Å². The molecule has 1 heterocycles. The zero-order chi connectivity index (χ0) is 14.4. The quantitative estimate of drug-likeness (QED) is 0.742. The molecule has 0 aliphatic rings. The van der Waals surface area contributed by atoms with Gasteiger partial charge in [-0.2, -0.15) is 0 Å². The number of nitrogen functional groups attached to an aromatic ring is 1. The maximum atomic E-state index is 11.7. The van der Waals surface area contributed by atoms with E-state index in [0.29, 0.717) is 18.2 Å². The highest BCUT2D eigenvalue weighted by atomic mass is 16.5. The van der Waals surface area contributed by atoms with E-state index < -0.39 is 5.97 Å². The van der Waals surface area contributed by atoms with E-state index in [9.17, 15) is 9.59 Å². The number of nitrogens with two attached hydrogens (primary N) is 1. The highest BCUT2D eigenvalue weighted by molar-refractivity contribution is 5.96. The van der Waals surface area contributed by atoms with Gasteiger partial charge in [-0.25, -0.2) is 4.79 Å². The van der Waals surface area contributed by atoms with Crippen molar-refractivity contribution in [1.29, 1.82) is 0 Å². The molecule has 1 rings (SSSR count). The van der Waals surface area contributed by atoms with Crippen molar-refractivity contribution in [2.45, 2.75) is 27.2 Å². The van der Waals surface area contributed by atoms with Crippen LogP contribution in [0.2, 0.25) is 0 Å². The van der Waals surface area contributed by atoms with Gasteiger partial charge >= 0.3 is 5.97 Å². The highest BCUT2D eigenvalue weighted by Crippen LogP contribution is 2.16. The fourth-order valence-corrected chi connectivity index (χ4v) is 1.39. The molecule has 0 fully saturated rings. The first-order valence-electron chi connectivity index (χ1n) is 6.07. The molecule has 7 heteroatoms. The molecule has 0 aliphatic carbocycles. The number of amides is 1. The molecule has 19 heavy (non-hydrogen) atoms. The second kappa shape index (κ2) is 6.77. The maximum absolute atomic E-state index is 11.7. The van der Waals surface area contributed by atoms with Gasteiger partial charge in [0.25, 0.3) is 5.91 Å². The first-order valence-corrected chi connectivity index (χ1v) is 6.07. The van der Waals surface area contributed by atoms with Crippen molar-refractivity contribution in [2.75, 3.05) is 18.9 Å². The van der Waals surface area contributed by atoms with Crippen molar-refractivity contribution in [3.05, 3.63) is 11.3 Å². The fraction of sp³-hybridized carbons (Fsp3) is 0.583. The number of carbonyl (C=O) groups excluding carboxylic acids is 2. The van der Waals surface area contributed by atoms with Gasteiger partial charge in [0.15, 0.2) is 6.61 Å². The SMILES string of the molecule is Cc1noc(N)c1C(=O)OCC(=O)NCCC(C)C. The number of rotatable bonds is 6. The largest absolute Gasteiger partial charge is 0.452 e.